The van der Waals surface area contributed by atoms with E-state index in [1.807, 2.05) is 13.0 Å². The summed E-state index contributed by atoms with van der Waals surface area (Å²) in [6, 6.07) is 8.70. The molecule has 2 aromatic rings. The minimum absolute atomic E-state index is 0.271. The Hall–Kier alpha value is -1.59. The van der Waals surface area contributed by atoms with Crippen LogP contribution in [0.5, 0.6) is 0 Å². The average molecular weight is 355 g/mol. The predicted octanol–water partition coefficient (Wildman–Crippen LogP) is 4.18. The summed E-state index contributed by atoms with van der Waals surface area (Å²) in [4.78, 5) is 16.2. The van der Waals surface area contributed by atoms with Gasteiger partial charge < -0.3 is 10.6 Å². The van der Waals surface area contributed by atoms with E-state index in [1.165, 1.54) is 0 Å². The monoisotopic (exact) mass is 353 g/mol. The standard InChI is InChI=1S/C14H13BrClN3O/c1-2-17-10-5-6-18-13(8-10)14(20)19-12-4-3-9(16)7-11(12)15/h3-8H,2H2,1H3,(H,17,18)(H,19,20). The molecule has 1 aromatic heterocycles. The van der Waals surface area contributed by atoms with E-state index in [1.54, 1.807) is 30.5 Å². The molecule has 0 aliphatic heterocycles. The van der Waals surface area contributed by atoms with Gasteiger partial charge in [0.1, 0.15) is 5.69 Å². The number of nitrogens with zero attached hydrogens (tertiary/aromatic N) is 1. The van der Waals surface area contributed by atoms with E-state index < -0.39 is 0 Å². The van der Waals surface area contributed by atoms with Crippen LogP contribution in [0.1, 0.15) is 17.4 Å². The van der Waals surface area contributed by atoms with Crippen LogP contribution in [0.3, 0.4) is 0 Å². The van der Waals surface area contributed by atoms with E-state index in [2.05, 4.69) is 31.5 Å². The first kappa shape index (κ1) is 14.8. The molecule has 0 saturated heterocycles. The molecule has 0 atom stereocenters. The number of carbonyl (C=O) groups is 1. The normalized spacial score (nSPS) is 10.2. The highest BCUT2D eigenvalue weighted by molar-refractivity contribution is 9.10. The van der Waals surface area contributed by atoms with Gasteiger partial charge in [0, 0.05) is 27.9 Å². The SMILES string of the molecule is CCNc1ccnc(C(=O)Nc2ccc(Cl)cc2Br)c1. The Morgan fingerprint density at radius 1 is 1.35 bits per heavy atom. The zero-order chi connectivity index (χ0) is 14.5. The highest BCUT2D eigenvalue weighted by Crippen LogP contribution is 2.26. The van der Waals surface area contributed by atoms with E-state index in [9.17, 15) is 4.79 Å². The lowest BCUT2D eigenvalue weighted by Gasteiger charge is -2.08. The van der Waals surface area contributed by atoms with Crippen LogP contribution in [0.25, 0.3) is 0 Å². The summed E-state index contributed by atoms with van der Waals surface area (Å²) in [6.07, 6.45) is 1.60. The molecule has 4 nitrogen and oxygen atoms in total. The Kier molecular flexibility index (Phi) is 4.98. The molecule has 0 radical (unpaired) electrons. The Morgan fingerprint density at radius 3 is 2.85 bits per heavy atom. The van der Waals surface area contributed by atoms with E-state index in [4.69, 9.17) is 11.6 Å². The van der Waals surface area contributed by atoms with Crippen LogP contribution in [0.2, 0.25) is 5.02 Å². The first-order valence-corrected chi connectivity index (χ1v) is 7.23. The molecule has 0 bridgehead atoms. The first-order chi connectivity index (χ1) is 9.60. The van der Waals surface area contributed by atoms with Crippen LogP contribution in [0.15, 0.2) is 41.0 Å². The third-order valence-electron chi connectivity index (χ3n) is 2.55. The minimum Gasteiger partial charge on any atom is -0.385 e. The second-order valence-electron chi connectivity index (χ2n) is 4.04. The summed E-state index contributed by atoms with van der Waals surface area (Å²) in [6.45, 7) is 2.78. The van der Waals surface area contributed by atoms with Crippen molar-refractivity contribution in [3.8, 4) is 0 Å². The Balaban J connectivity index is 2.17. The molecule has 1 heterocycles. The lowest BCUT2D eigenvalue weighted by atomic mass is 10.2. The third kappa shape index (κ3) is 3.71. The zero-order valence-corrected chi connectivity index (χ0v) is 13.1. The summed E-state index contributed by atoms with van der Waals surface area (Å²) in [5.41, 5.74) is 1.86. The van der Waals surface area contributed by atoms with Crippen LogP contribution in [-0.2, 0) is 0 Å². The van der Waals surface area contributed by atoms with Crippen LogP contribution in [0.4, 0.5) is 11.4 Å². The quantitative estimate of drug-likeness (QED) is 0.866. The zero-order valence-electron chi connectivity index (χ0n) is 10.8. The Labute approximate surface area is 130 Å². The van der Waals surface area contributed by atoms with Gasteiger partial charge in [-0.15, -0.1) is 0 Å². The number of hydrogen-bond donors (Lipinski definition) is 2. The Morgan fingerprint density at radius 2 is 2.15 bits per heavy atom. The van der Waals surface area contributed by atoms with Gasteiger partial charge in [0.25, 0.3) is 5.91 Å². The maximum Gasteiger partial charge on any atom is 0.274 e. The van der Waals surface area contributed by atoms with Gasteiger partial charge >= 0.3 is 0 Å². The summed E-state index contributed by atoms with van der Waals surface area (Å²) < 4.78 is 0.723. The molecular formula is C14H13BrClN3O. The van der Waals surface area contributed by atoms with Crippen molar-refractivity contribution < 1.29 is 4.79 Å². The number of hydrogen-bond acceptors (Lipinski definition) is 3. The fourth-order valence-corrected chi connectivity index (χ4v) is 2.43. The van der Waals surface area contributed by atoms with Gasteiger partial charge in [0.15, 0.2) is 0 Å². The molecule has 104 valence electrons. The Bertz CT molecular complexity index is 634. The third-order valence-corrected chi connectivity index (χ3v) is 3.44. The largest absolute Gasteiger partial charge is 0.385 e. The molecular weight excluding hydrogens is 342 g/mol. The molecule has 0 fully saturated rings. The van der Waals surface area contributed by atoms with Gasteiger partial charge in [-0.25, -0.2) is 0 Å². The molecule has 2 rings (SSSR count). The maximum atomic E-state index is 12.2. The smallest absolute Gasteiger partial charge is 0.274 e. The van der Waals surface area contributed by atoms with Crippen molar-refractivity contribution in [3.05, 3.63) is 51.7 Å². The van der Waals surface area contributed by atoms with Gasteiger partial charge in [-0.2, -0.15) is 0 Å². The van der Waals surface area contributed by atoms with Crippen molar-refractivity contribution in [2.24, 2.45) is 0 Å². The van der Waals surface area contributed by atoms with Crippen molar-refractivity contribution in [1.29, 1.82) is 0 Å². The van der Waals surface area contributed by atoms with Gasteiger partial charge in [0.2, 0.25) is 0 Å². The fraction of sp³-hybridized carbons (Fsp3) is 0.143. The molecule has 0 aliphatic carbocycles. The summed E-state index contributed by atoms with van der Waals surface area (Å²) in [5.74, 6) is -0.271. The molecule has 1 amide bonds. The maximum absolute atomic E-state index is 12.2. The van der Waals surface area contributed by atoms with Crippen LogP contribution in [-0.4, -0.2) is 17.4 Å². The highest BCUT2D eigenvalue weighted by atomic mass is 79.9. The fourth-order valence-electron chi connectivity index (χ4n) is 1.65. The van der Waals surface area contributed by atoms with Gasteiger partial charge in [0.05, 0.1) is 5.69 Å². The van der Waals surface area contributed by atoms with Crippen LogP contribution < -0.4 is 10.6 Å². The van der Waals surface area contributed by atoms with E-state index in [0.29, 0.717) is 16.4 Å². The lowest BCUT2D eigenvalue weighted by Crippen LogP contribution is -2.14. The van der Waals surface area contributed by atoms with Gasteiger partial charge in [-0.05, 0) is 53.2 Å². The van der Waals surface area contributed by atoms with Crippen molar-refractivity contribution in [2.45, 2.75) is 6.92 Å². The summed E-state index contributed by atoms with van der Waals surface area (Å²) >= 11 is 9.22. The van der Waals surface area contributed by atoms with Crippen LogP contribution in [0, 0.1) is 0 Å². The highest BCUT2D eigenvalue weighted by Gasteiger charge is 2.10. The summed E-state index contributed by atoms with van der Waals surface area (Å²) in [7, 11) is 0. The lowest BCUT2D eigenvalue weighted by molar-refractivity contribution is 0.102. The number of rotatable bonds is 4. The molecule has 0 aliphatic rings. The number of nitrogens with one attached hydrogen (secondary N) is 2. The van der Waals surface area contributed by atoms with Gasteiger partial charge in [-0.1, -0.05) is 11.6 Å². The topological polar surface area (TPSA) is 54.0 Å². The summed E-state index contributed by atoms with van der Waals surface area (Å²) in [5, 5.41) is 6.53. The first-order valence-electron chi connectivity index (χ1n) is 6.06. The van der Waals surface area contributed by atoms with E-state index in [-0.39, 0.29) is 5.91 Å². The van der Waals surface area contributed by atoms with Gasteiger partial charge in [-0.3, -0.25) is 9.78 Å². The number of carbonyl (C=O) groups excluding carboxylic acids is 1. The molecule has 0 unspecified atom stereocenters. The molecule has 0 spiro atoms. The molecule has 20 heavy (non-hydrogen) atoms. The molecule has 0 saturated carbocycles. The number of pyridine rings is 1. The number of anilines is 2. The number of benzene rings is 1. The van der Waals surface area contributed by atoms with Crippen molar-refractivity contribution in [1.82, 2.24) is 4.98 Å². The predicted molar refractivity (Wildman–Crippen MR) is 85.5 cm³/mol. The van der Waals surface area contributed by atoms with E-state index in [0.717, 1.165) is 16.7 Å². The average Bonchev–Trinajstić information content (AvgIpc) is 2.42. The van der Waals surface area contributed by atoms with E-state index >= 15 is 0 Å². The number of amides is 1. The molecule has 2 N–H and O–H groups in total. The molecule has 1 aromatic carbocycles. The van der Waals surface area contributed by atoms with Crippen molar-refractivity contribution >= 4 is 44.8 Å². The number of aromatic nitrogens is 1. The second kappa shape index (κ2) is 6.72. The minimum atomic E-state index is -0.271. The molecule has 6 heteroatoms. The second-order valence-corrected chi connectivity index (χ2v) is 5.33. The van der Waals surface area contributed by atoms with Crippen LogP contribution >= 0.6 is 27.5 Å². The van der Waals surface area contributed by atoms with Crippen molar-refractivity contribution in [3.63, 3.8) is 0 Å². The van der Waals surface area contributed by atoms with Crippen molar-refractivity contribution in [2.75, 3.05) is 17.2 Å². The number of halogens is 2.